The molecule has 2 aromatic carbocycles. The zero-order chi connectivity index (χ0) is 25.5. The number of amides is 2. The number of benzene rings is 2. The van der Waals surface area contributed by atoms with Crippen molar-refractivity contribution in [3.63, 3.8) is 0 Å². The number of aromatic nitrogens is 2. The Balaban J connectivity index is 1.83. The van der Waals surface area contributed by atoms with Crippen LogP contribution >= 0.6 is 0 Å². The second-order valence-corrected chi connectivity index (χ2v) is 8.39. The van der Waals surface area contributed by atoms with E-state index in [-0.39, 0.29) is 18.2 Å². The SMILES string of the molecule is COc1cc(OC)cc(C(NC(=O)NC(C)c2ccc(OC(C)C)c(OC)c2)c2nccn2C)c1. The van der Waals surface area contributed by atoms with Crippen molar-refractivity contribution in [3.8, 4) is 23.0 Å². The van der Waals surface area contributed by atoms with Crippen molar-refractivity contribution in [2.45, 2.75) is 39.0 Å². The number of nitrogens with zero attached hydrogens (tertiary/aromatic N) is 2. The number of carbonyl (C=O) groups is 1. The topological polar surface area (TPSA) is 95.9 Å². The Bertz CT molecular complexity index is 1120. The molecule has 0 aliphatic heterocycles. The van der Waals surface area contributed by atoms with E-state index in [1.165, 1.54) is 0 Å². The minimum absolute atomic E-state index is 0.0226. The molecule has 9 nitrogen and oxygen atoms in total. The third-order valence-electron chi connectivity index (χ3n) is 5.50. The first kappa shape index (κ1) is 25.7. The summed E-state index contributed by atoms with van der Waals surface area (Å²) in [5.74, 6) is 3.17. The molecule has 0 fully saturated rings. The molecule has 0 saturated heterocycles. The zero-order valence-corrected chi connectivity index (χ0v) is 21.3. The molecule has 2 N–H and O–H groups in total. The Hall–Kier alpha value is -3.88. The molecule has 3 aromatic rings. The molecule has 1 aromatic heterocycles. The smallest absolute Gasteiger partial charge is 0.316 e. The van der Waals surface area contributed by atoms with Crippen LogP contribution < -0.4 is 29.6 Å². The van der Waals surface area contributed by atoms with Crippen molar-refractivity contribution >= 4 is 6.03 Å². The van der Waals surface area contributed by atoms with Crippen LogP contribution in [0.25, 0.3) is 0 Å². The van der Waals surface area contributed by atoms with E-state index in [2.05, 4.69) is 15.6 Å². The standard InChI is InChI=1S/C26H34N4O5/c1-16(2)35-22-9-8-18(14-23(22)34-7)17(3)28-26(31)29-24(25-27-10-11-30(25)4)19-12-20(32-5)15-21(13-19)33-6/h8-17,24H,1-7H3,(H2,28,29,31). The van der Waals surface area contributed by atoms with Crippen LogP contribution in [0.4, 0.5) is 4.79 Å². The number of hydrogen-bond donors (Lipinski definition) is 2. The lowest BCUT2D eigenvalue weighted by Gasteiger charge is -2.23. The Labute approximate surface area is 206 Å². The second-order valence-electron chi connectivity index (χ2n) is 8.39. The van der Waals surface area contributed by atoms with E-state index in [9.17, 15) is 4.79 Å². The van der Waals surface area contributed by atoms with E-state index in [4.69, 9.17) is 18.9 Å². The first-order valence-electron chi connectivity index (χ1n) is 11.4. The highest BCUT2D eigenvalue weighted by molar-refractivity contribution is 5.75. The lowest BCUT2D eigenvalue weighted by Crippen LogP contribution is -2.40. The predicted molar refractivity (Wildman–Crippen MR) is 133 cm³/mol. The lowest BCUT2D eigenvalue weighted by molar-refractivity contribution is 0.229. The highest BCUT2D eigenvalue weighted by Gasteiger charge is 2.23. The van der Waals surface area contributed by atoms with Gasteiger partial charge in [0, 0.05) is 25.5 Å². The summed E-state index contributed by atoms with van der Waals surface area (Å²) in [6.45, 7) is 5.82. The van der Waals surface area contributed by atoms with E-state index in [0.29, 0.717) is 28.8 Å². The zero-order valence-electron chi connectivity index (χ0n) is 21.3. The monoisotopic (exact) mass is 482 g/mol. The van der Waals surface area contributed by atoms with Gasteiger partial charge in [-0.05, 0) is 56.2 Å². The number of carbonyl (C=O) groups excluding carboxylic acids is 1. The minimum Gasteiger partial charge on any atom is -0.497 e. The first-order chi connectivity index (χ1) is 16.7. The number of ether oxygens (including phenoxy) is 4. The Morgan fingerprint density at radius 1 is 0.886 bits per heavy atom. The van der Waals surface area contributed by atoms with Crippen LogP contribution in [0.5, 0.6) is 23.0 Å². The number of rotatable bonds is 10. The molecule has 35 heavy (non-hydrogen) atoms. The van der Waals surface area contributed by atoms with Crippen molar-refractivity contribution in [1.29, 1.82) is 0 Å². The van der Waals surface area contributed by atoms with Crippen molar-refractivity contribution in [1.82, 2.24) is 20.2 Å². The molecule has 2 amide bonds. The molecule has 188 valence electrons. The fraction of sp³-hybridized carbons (Fsp3) is 0.385. The molecule has 2 atom stereocenters. The maximum absolute atomic E-state index is 13.1. The Kier molecular flexibility index (Phi) is 8.46. The van der Waals surface area contributed by atoms with Gasteiger partial charge in [-0.1, -0.05) is 6.07 Å². The molecular formula is C26H34N4O5. The van der Waals surface area contributed by atoms with Gasteiger partial charge in [0.05, 0.1) is 33.5 Å². The van der Waals surface area contributed by atoms with Gasteiger partial charge in [0.25, 0.3) is 0 Å². The third-order valence-corrected chi connectivity index (χ3v) is 5.50. The molecular weight excluding hydrogens is 448 g/mol. The molecule has 0 saturated carbocycles. The molecule has 0 bridgehead atoms. The van der Waals surface area contributed by atoms with Gasteiger partial charge in [-0.15, -0.1) is 0 Å². The largest absolute Gasteiger partial charge is 0.497 e. The number of nitrogens with one attached hydrogen (secondary N) is 2. The van der Waals surface area contributed by atoms with Crippen molar-refractivity contribution in [2.24, 2.45) is 7.05 Å². The van der Waals surface area contributed by atoms with Gasteiger partial charge in [-0.25, -0.2) is 9.78 Å². The van der Waals surface area contributed by atoms with Gasteiger partial charge >= 0.3 is 6.03 Å². The van der Waals surface area contributed by atoms with E-state index < -0.39 is 6.04 Å². The first-order valence-corrected chi connectivity index (χ1v) is 11.4. The fourth-order valence-corrected chi connectivity index (χ4v) is 3.71. The highest BCUT2D eigenvalue weighted by Crippen LogP contribution is 2.32. The average molecular weight is 483 g/mol. The number of imidazole rings is 1. The Morgan fingerprint density at radius 3 is 2.11 bits per heavy atom. The summed E-state index contributed by atoms with van der Waals surface area (Å²) in [5.41, 5.74) is 1.65. The molecule has 9 heteroatoms. The highest BCUT2D eigenvalue weighted by atomic mass is 16.5. The molecule has 0 aliphatic rings. The summed E-state index contributed by atoms with van der Waals surface area (Å²) in [7, 11) is 6.64. The van der Waals surface area contributed by atoms with Crippen molar-refractivity contribution in [2.75, 3.05) is 21.3 Å². The van der Waals surface area contributed by atoms with Gasteiger partial charge in [0.1, 0.15) is 23.4 Å². The summed E-state index contributed by atoms with van der Waals surface area (Å²) in [6, 6.07) is 9.92. The number of aryl methyl sites for hydroxylation is 1. The molecule has 2 unspecified atom stereocenters. The summed E-state index contributed by atoms with van der Waals surface area (Å²) in [6.07, 6.45) is 3.54. The molecule has 1 heterocycles. The summed E-state index contributed by atoms with van der Waals surface area (Å²) < 4.78 is 24.0. The maximum atomic E-state index is 13.1. The van der Waals surface area contributed by atoms with Crippen LogP contribution in [-0.2, 0) is 7.05 Å². The average Bonchev–Trinajstić information content (AvgIpc) is 3.27. The number of methoxy groups -OCH3 is 3. The molecule has 3 rings (SSSR count). The second kappa shape index (κ2) is 11.5. The quantitative estimate of drug-likeness (QED) is 0.445. The van der Waals surface area contributed by atoms with Crippen LogP contribution in [0, 0.1) is 0 Å². The van der Waals surface area contributed by atoms with E-state index in [0.717, 1.165) is 11.1 Å². The van der Waals surface area contributed by atoms with Crippen LogP contribution in [0.2, 0.25) is 0 Å². The number of hydrogen-bond acceptors (Lipinski definition) is 6. The van der Waals surface area contributed by atoms with E-state index in [1.807, 2.05) is 68.9 Å². The van der Waals surface area contributed by atoms with Gasteiger partial charge in [0.15, 0.2) is 11.5 Å². The normalized spacial score (nSPS) is 12.6. The van der Waals surface area contributed by atoms with Crippen LogP contribution in [0.15, 0.2) is 48.8 Å². The third kappa shape index (κ3) is 6.38. The molecule has 0 radical (unpaired) electrons. The van der Waals surface area contributed by atoms with Crippen molar-refractivity contribution in [3.05, 3.63) is 65.7 Å². The van der Waals surface area contributed by atoms with Crippen LogP contribution in [0.3, 0.4) is 0 Å². The predicted octanol–water partition coefficient (Wildman–Crippen LogP) is 4.38. The number of urea groups is 1. The van der Waals surface area contributed by atoms with Crippen LogP contribution in [0.1, 0.15) is 49.8 Å². The van der Waals surface area contributed by atoms with Crippen LogP contribution in [-0.4, -0.2) is 43.0 Å². The van der Waals surface area contributed by atoms with Gasteiger partial charge in [-0.2, -0.15) is 0 Å². The lowest BCUT2D eigenvalue weighted by atomic mass is 10.0. The fourth-order valence-electron chi connectivity index (χ4n) is 3.71. The van der Waals surface area contributed by atoms with Crippen molar-refractivity contribution < 1.29 is 23.7 Å². The van der Waals surface area contributed by atoms with E-state index >= 15 is 0 Å². The molecule has 0 aliphatic carbocycles. The van der Waals surface area contributed by atoms with E-state index in [1.54, 1.807) is 33.6 Å². The van der Waals surface area contributed by atoms with Gasteiger partial charge in [-0.3, -0.25) is 0 Å². The summed E-state index contributed by atoms with van der Waals surface area (Å²) in [4.78, 5) is 17.6. The minimum atomic E-state index is -0.539. The maximum Gasteiger partial charge on any atom is 0.316 e. The summed E-state index contributed by atoms with van der Waals surface area (Å²) in [5, 5.41) is 6.05. The molecule has 0 spiro atoms. The Morgan fingerprint density at radius 2 is 1.57 bits per heavy atom. The van der Waals surface area contributed by atoms with Gasteiger partial charge in [0.2, 0.25) is 0 Å². The summed E-state index contributed by atoms with van der Waals surface area (Å²) >= 11 is 0. The van der Waals surface area contributed by atoms with Gasteiger partial charge < -0.3 is 34.1 Å².